The molecule has 0 bridgehead atoms. The lowest BCUT2D eigenvalue weighted by atomic mass is 10.1. The lowest BCUT2D eigenvalue weighted by Crippen LogP contribution is -2.30. The highest BCUT2D eigenvalue weighted by atomic mass is 32.2. The minimum Gasteiger partial charge on any atom is -0.352 e. The van der Waals surface area contributed by atoms with E-state index < -0.39 is 21.8 Å². The van der Waals surface area contributed by atoms with Gasteiger partial charge in [-0.05, 0) is 42.7 Å². The molecule has 1 heterocycles. The Kier molecular flexibility index (Phi) is 5.60. The van der Waals surface area contributed by atoms with Gasteiger partial charge in [-0.2, -0.15) is 0 Å². The quantitative estimate of drug-likeness (QED) is 0.773. The van der Waals surface area contributed by atoms with Gasteiger partial charge in [0.15, 0.2) is 0 Å². The van der Waals surface area contributed by atoms with Gasteiger partial charge in [-0.1, -0.05) is 37.3 Å². The fourth-order valence-corrected chi connectivity index (χ4v) is 4.90. The highest BCUT2D eigenvalue weighted by Gasteiger charge is 2.41. The Bertz CT molecular complexity index is 924. The number of hydrogen-bond acceptors (Lipinski definition) is 4. The van der Waals surface area contributed by atoms with Gasteiger partial charge in [0.1, 0.15) is 0 Å². The van der Waals surface area contributed by atoms with E-state index in [0.717, 1.165) is 17.1 Å². The van der Waals surface area contributed by atoms with Crippen LogP contribution in [-0.4, -0.2) is 32.5 Å². The zero-order valence-corrected chi connectivity index (χ0v) is 15.9. The number of rotatable bonds is 6. The van der Waals surface area contributed by atoms with Crippen LogP contribution in [0.15, 0.2) is 54.6 Å². The average molecular weight is 386 g/mol. The van der Waals surface area contributed by atoms with E-state index in [1.54, 1.807) is 6.92 Å². The van der Waals surface area contributed by atoms with Crippen molar-refractivity contribution in [3.63, 3.8) is 0 Å². The first-order valence-electron chi connectivity index (χ1n) is 8.87. The van der Waals surface area contributed by atoms with E-state index in [1.165, 1.54) is 29.8 Å². The summed E-state index contributed by atoms with van der Waals surface area (Å²) in [5.74, 6) is -1.40. The highest BCUT2D eigenvalue weighted by Crippen LogP contribution is 2.28. The Labute approximate surface area is 159 Å². The molecule has 2 aromatic rings. The van der Waals surface area contributed by atoms with Gasteiger partial charge in [0.05, 0.1) is 17.4 Å². The van der Waals surface area contributed by atoms with Crippen LogP contribution in [0.2, 0.25) is 0 Å². The molecule has 7 heteroatoms. The molecule has 2 aromatic carbocycles. The van der Waals surface area contributed by atoms with Crippen LogP contribution >= 0.6 is 0 Å². The summed E-state index contributed by atoms with van der Waals surface area (Å²) < 4.78 is 25.1. The Morgan fingerprint density at radius 2 is 1.78 bits per heavy atom. The van der Waals surface area contributed by atoms with Crippen LogP contribution in [-0.2, 0) is 21.2 Å². The largest absolute Gasteiger partial charge is 0.352 e. The summed E-state index contributed by atoms with van der Waals surface area (Å²) in [5.41, 5.74) is 1.92. The van der Waals surface area contributed by atoms with Crippen LogP contribution in [0.3, 0.4) is 0 Å². The van der Waals surface area contributed by atoms with Crippen molar-refractivity contribution in [1.29, 1.82) is 0 Å². The minimum absolute atomic E-state index is 0.185. The lowest BCUT2D eigenvalue weighted by molar-refractivity contribution is -0.119. The Balaban J connectivity index is 1.57. The van der Waals surface area contributed by atoms with Gasteiger partial charge in [-0.3, -0.25) is 9.59 Å². The number of anilines is 1. The first-order valence-corrected chi connectivity index (χ1v) is 10.5. The van der Waals surface area contributed by atoms with E-state index in [0.29, 0.717) is 12.1 Å². The molecule has 1 aliphatic rings. The van der Waals surface area contributed by atoms with Crippen molar-refractivity contribution in [2.24, 2.45) is 5.92 Å². The number of carbonyl (C=O) groups is 2. The molecule has 0 radical (unpaired) electrons. The topological polar surface area (TPSA) is 83.6 Å². The van der Waals surface area contributed by atoms with E-state index in [9.17, 15) is 18.0 Å². The molecule has 0 spiro atoms. The molecule has 27 heavy (non-hydrogen) atoms. The Morgan fingerprint density at radius 3 is 2.37 bits per heavy atom. The maximum atomic E-state index is 12.2. The SMILES string of the molecule is C[C@H]1CS(=O)(=O)N(c2ccc(C(=O)NCCCc3ccccc3)cc2)C1=O. The number of carbonyl (C=O) groups excluding carboxylic acids is 2. The van der Waals surface area contributed by atoms with Gasteiger partial charge in [0.25, 0.3) is 5.91 Å². The normalized spacial score (nSPS) is 18.5. The van der Waals surface area contributed by atoms with Crippen LogP contribution in [0.1, 0.15) is 29.3 Å². The summed E-state index contributed by atoms with van der Waals surface area (Å²) in [6, 6.07) is 16.1. The molecular weight excluding hydrogens is 364 g/mol. The van der Waals surface area contributed by atoms with Crippen LogP contribution in [0.5, 0.6) is 0 Å². The highest BCUT2D eigenvalue weighted by molar-refractivity contribution is 7.94. The summed E-state index contributed by atoms with van der Waals surface area (Å²) in [6.45, 7) is 2.14. The molecule has 1 fully saturated rings. The molecular formula is C20H22N2O4S. The predicted molar refractivity (Wildman–Crippen MR) is 104 cm³/mol. The number of benzene rings is 2. The minimum atomic E-state index is -3.63. The molecule has 1 saturated heterocycles. The third-order valence-corrected chi connectivity index (χ3v) is 6.36. The second-order valence-electron chi connectivity index (χ2n) is 6.67. The van der Waals surface area contributed by atoms with Gasteiger partial charge >= 0.3 is 0 Å². The molecule has 0 aliphatic carbocycles. The van der Waals surface area contributed by atoms with E-state index in [4.69, 9.17) is 0 Å². The van der Waals surface area contributed by atoms with Gasteiger partial charge in [0.2, 0.25) is 15.9 Å². The molecule has 0 unspecified atom stereocenters. The van der Waals surface area contributed by atoms with E-state index >= 15 is 0 Å². The van der Waals surface area contributed by atoms with Crippen molar-refractivity contribution >= 4 is 27.5 Å². The van der Waals surface area contributed by atoms with E-state index in [2.05, 4.69) is 17.4 Å². The van der Waals surface area contributed by atoms with E-state index in [-0.39, 0.29) is 17.3 Å². The summed E-state index contributed by atoms with van der Waals surface area (Å²) >= 11 is 0. The lowest BCUT2D eigenvalue weighted by Gasteiger charge is -2.15. The Morgan fingerprint density at radius 1 is 1.11 bits per heavy atom. The first kappa shape index (κ1) is 19.1. The molecule has 3 rings (SSSR count). The molecule has 2 amide bonds. The van der Waals surface area contributed by atoms with Crippen molar-refractivity contribution in [3.05, 3.63) is 65.7 Å². The summed E-state index contributed by atoms with van der Waals surface area (Å²) in [5, 5.41) is 2.85. The average Bonchev–Trinajstić information content (AvgIpc) is 2.86. The van der Waals surface area contributed by atoms with Crippen molar-refractivity contribution in [1.82, 2.24) is 5.32 Å². The molecule has 0 saturated carbocycles. The van der Waals surface area contributed by atoms with Gasteiger partial charge in [0, 0.05) is 12.1 Å². The Hall–Kier alpha value is -2.67. The summed E-state index contributed by atoms with van der Waals surface area (Å²) in [7, 11) is -3.63. The first-order chi connectivity index (χ1) is 12.9. The molecule has 1 atom stereocenters. The molecule has 6 nitrogen and oxygen atoms in total. The zero-order chi connectivity index (χ0) is 19.4. The van der Waals surface area contributed by atoms with Crippen LogP contribution in [0, 0.1) is 5.92 Å². The molecule has 1 N–H and O–H groups in total. The molecule has 142 valence electrons. The smallest absolute Gasteiger partial charge is 0.251 e. The third kappa shape index (κ3) is 4.36. The number of amides is 2. The van der Waals surface area contributed by atoms with Crippen molar-refractivity contribution in [3.8, 4) is 0 Å². The predicted octanol–water partition coefficient (Wildman–Crippen LogP) is 2.36. The maximum absolute atomic E-state index is 12.2. The third-order valence-electron chi connectivity index (χ3n) is 4.50. The van der Waals surface area contributed by atoms with Gasteiger partial charge in [-0.25, -0.2) is 12.7 Å². The number of sulfonamides is 1. The fraction of sp³-hybridized carbons (Fsp3) is 0.300. The van der Waals surface area contributed by atoms with Crippen molar-refractivity contribution < 1.29 is 18.0 Å². The second kappa shape index (κ2) is 7.92. The number of nitrogens with one attached hydrogen (secondary N) is 1. The number of nitrogens with zero attached hydrogens (tertiary/aromatic N) is 1. The van der Waals surface area contributed by atoms with E-state index in [1.807, 2.05) is 18.2 Å². The van der Waals surface area contributed by atoms with Crippen molar-refractivity contribution in [2.75, 3.05) is 16.6 Å². The number of hydrogen-bond donors (Lipinski definition) is 1. The molecule has 0 aromatic heterocycles. The zero-order valence-electron chi connectivity index (χ0n) is 15.1. The van der Waals surface area contributed by atoms with Crippen molar-refractivity contribution in [2.45, 2.75) is 19.8 Å². The monoisotopic (exact) mass is 386 g/mol. The van der Waals surface area contributed by atoms with Gasteiger partial charge in [-0.15, -0.1) is 0 Å². The van der Waals surface area contributed by atoms with Gasteiger partial charge < -0.3 is 5.32 Å². The fourth-order valence-electron chi connectivity index (χ4n) is 3.08. The maximum Gasteiger partial charge on any atom is 0.251 e. The number of aryl methyl sites for hydroxylation is 1. The van der Waals surface area contributed by atoms with Crippen LogP contribution in [0.25, 0.3) is 0 Å². The standard InChI is InChI=1S/C20H22N2O4S/c1-15-14-27(25,26)22(20(15)24)18-11-9-17(10-12-18)19(23)21-13-5-8-16-6-3-2-4-7-16/h2-4,6-7,9-12,15H,5,8,13-14H2,1H3,(H,21,23)/t15-/m0/s1. The summed E-state index contributed by atoms with van der Waals surface area (Å²) in [4.78, 5) is 24.3. The summed E-state index contributed by atoms with van der Waals surface area (Å²) in [6.07, 6.45) is 1.71. The van der Waals surface area contributed by atoms with Crippen LogP contribution < -0.4 is 9.62 Å². The van der Waals surface area contributed by atoms with Crippen LogP contribution in [0.4, 0.5) is 5.69 Å². The second-order valence-corrected chi connectivity index (χ2v) is 8.54. The molecule has 1 aliphatic heterocycles.